The Bertz CT molecular complexity index is 405. The van der Waals surface area contributed by atoms with E-state index in [1.807, 2.05) is 24.3 Å². The van der Waals surface area contributed by atoms with Gasteiger partial charge in [0.15, 0.2) is 0 Å². The molecule has 18 heavy (non-hydrogen) atoms. The second-order valence-corrected chi connectivity index (χ2v) is 5.04. The Morgan fingerprint density at radius 2 is 2.00 bits per heavy atom. The molecule has 2 rings (SSSR count). The molecule has 0 atom stereocenters. The van der Waals surface area contributed by atoms with Crippen LogP contribution < -0.4 is 4.74 Å². The van der Waals surface area contributed by atoms with Gasteiger partial charge in [0.1, 0.15) is 11.6 Å². The van der Waals surface area contributed by atoms with Crippen LogP contribution in [-0.4, -0.2) is 7.11 Å². The fraction of sp³-hybridized carbons (Fsp3) is 0.500. The van der Waals surface area contributed by atoms with Gasteiger partial charge in [-0.1, -0.05) is 50.3 Å². The van der Waals surface area contributed by atoms with Crippen LogP contribution in [0.25, 0.3) is 6.08 Å². The molecule has 0 amide bonds. The Balaban J connectivity index is 2.02. The van der Waals surface area contributed by atoms with Crippen LogP contribution in [0.15, 0.2) is 30.1 Å². The van der Waals surface area contributed by atoms with Gasteiger partial charge in [-0.25, -0.2) is 4.39 Å². The van der Waals surface area contributed by atoms with Gasteiger partial charge in [0.25, 0.3) is 0 Å². The number of methoxy groups -OCH3 is 1. The third kappa shape index (κ3) is 3.59. The average Bonchev–Trinajstić information content (AvgIpc) is 2.40. The molecule has 2 heteroatoms. The predicted octanol–water partition coefficient (Wildman–Crippen LogP) is 4.98. The molecule has 0 spiro atoms. The van der Waals surface area contributed by atoms with Crippen molar-refractivity contribution >= 4 is 6.08 Å². The van der Waals surface area contributed by atoms with Crippen molar-refractivity contribution in [2.45, 2.75) is 38.5 Å². The monoisotopic (exact) mass is 248 g/mol. The SMILES string of the molecule is COc1ccccc1/C=C(\F)CC1CCCCC1. The summed E-state index contributed by atoms with van der Waals surface area (Å²) in [5.74, 6) is 1.24. The molecular weight excluding hydrogens is 227 g/mol. The van der Waals surface area contributed by atoms with E-state index >= 15 is 0 Å². The van der Waals surface area contributed by atoms with Gasteiger partial charge in [-0.3, -0.25) is 0 Å². The lowest BCUT2D eigenvalue weighted by molar-refractivity contribution is 0.338. The van der Waals surface area contributed by atoms with Crippen molar-refractivity contribution in [1.82, 2.24) is 0 Å². The van der Waals surface area contributed by atoms with E-state index in [0.29, 0.717) is 12.3 Å². The summed E-state index contributed by atoms with van der Waals surface area (Å²) in [5, 5.41) is 0. The number of ether oxygens (including phenoxy) is 1. The van der Waals surface area contributed by atoms with Crippen LogP contribution in [0.3, 0.4) is 0 Å². The zero-order chi connectivity index (χ0) is 12.8. The van der Waals surface area contributed by atoms with Crippen molar-refractivity contribution in [2.24, 2.45) is 5.92 Å². The third-order valence-electron chi connectivity index (χ3n) is 3.66. The van der Waals surface area contributed by atoms with E-state index in [2.05, 4.69) is 0 Å². The fourth-order valence-corrected chi connectivity index (χ4v) is 2.68. The third-order valence-corrected chi connectivity index (χ3v) is 3.66. The Kier molecular flexibility index (Phi) is 4.80. The van der Waals surface area contributed by atoms with Crippen molar-refractivity contribution in [3.8, 4) is 5.75 Å². The molecule has 1 saturated carbocycles. The van der Waals surface area contributed by atoms with Gasteiger partial charge in [-0.15, -0.1) is 0 Å². The summed E-state index contributed by atoms with van der Waals surface area (Å²) in [5.41, 5.74) is 0.827. The lowest BCUT2D eigenvalue weighted by Crippen LogP contribution is -2.06. The summed E-state index contributed by atoms with van der Waals surface area (Å²) in [6.07, 6.45) is 8.37. The molecule has 0 N–H and O–H groups in total. The maximum Gasteiger partial charge on any atom is 0.126 e. The van der Waals surface area contributed by atoms with Crippen LogP contribution in [0, 0.1) is 5.92 Å². The molecule has 0 aromatic heterocycles. The highest BCUT2D eigenvalue weighted by atomic mass is 19.1. The predicted molar refractivity (Wildman–Crippen MR) is 73.3 cm³/mol. The van der Waals surface area contributed by atoms with Gasteiger partial charge >= 0.3 is 0 Å². The van der Waals surface area contributed by atoms with Crippen molar-refractivity contribution in [2.75, 3.05) is 7.11 Å². The molecule has 1 aliphatic carbocycles. The van der Waals surface area contributed by atoms with E-state index in [0.717, 1.165) is 11.3 Å². The van der Waals surface area contributed by atoms with Crippen molar-refractivity contribution < 1.29 is 9.13 Å². The fourth-order valence-electron chi connectivity index (χ4n) is 2.68. The van der Waals surface area contributed by atoms with E-state index in [9.17, 15) is 4.39 Å². The minimum Gasteiger partial charge on any atom is -0.496 e. The van der Waals surface area contributed by atoms with E-state index in [1.54, 1.807) is 13.2 Å². The molecule has 1 nitrogen and oxygen atoms in total. The topological polar surface area (TPSA) is 9.23 Å². The second-order valence-electron chi connectivity index (χ2n) is 5.04. The minimum absolute atomic E-state index is 0.0219. The Hall–Kier alpha value is -1.31. The first-order valence-corrected chi connectivity index (χ1v) is 6.78. The molecule has 0 bridgehead atoms. The number of halogens is 1. The lowest BCUT2D eigenvalue weighted by Gasteiger charge is -2.20. The number of allylic oxidation sites excluding steroid dienone is 1. The quantitative estimate of drug-likeness (QED) is 0.730. The van der Waals surface area contributed by atoms with Gasteiger partial charge in [0.2, 0.25) is 0 Å². The highest BCUT2D eigenvalue weighted by Crippen LogP contribution is 2.31. The highest BCUT2D eigenvalue weighted by molar-refractivity contribution is 5.58. The number of hydrogen-bond donors (Lipinski definition) is 0. The van der Waals surface area contributed by atoms with E-state index in [-0.39, 0.29) is 5.83 Å². The maximum atomic E-state index is 14.0. The highest BCUT2D eigenvalue weighted by Gasteiger charge is 2.15. The van der Waals surface area contributed by atoms with Crippen LogP contribution in [0.4, 0.5) is 4.39 Å². The molecule has 0 aliphatic heterocycles. The zero-order valence-corrected chi connectivity index (χ0v) is 11.0. The molecule has 0 radical (unpaired) electrons. The van der Waals surface area contributed by atoms with E-state index < -0.39 is 0 Å². The van der Waals surface area contributed by atoms with Crippen molar-refractivity contribution in [3.05, 3.63) is 35.7 Å². The summed E-state index contributed by atoms with van der Waals surface area (Å²) in [6, 6.07) is 7.55. The zero-order valence-electron chi connectivity index (χ0n) is 11.0. The second kappa shape index (κ2) is 6.58. The molecule has 0 saturated heterocycles. The van der Waals surface area contributed by atoms with Crippen LogP contribution >= 0.6 is 0 Å². The molecule has 0 unspecified atom stereocenters. The van der Waals surface area contributed by atoms with Crippen molar-refractivity contribution in [3.63, 3.8) is 0 Å². The molecule has 1 fully saturated rings. The van der Waals surface area contributed by atoms with Gasteiger partial charge in [0, 0.05) is 12.0 Å². The van der Waals surface area contributed by atoms with E-state index in [1.165, 1.54) is 32.1 Å². The Labute approximate surface area is 109 Å². The number of para-hydroxylation sites is 1. The van der Waals surface area contributed by atoms with Crippen molar-refractivity contribution in [1.29, 1.82) is 0 Å². The molecule has 0 heterocycles. The summed E-state index contributed by atoms with van der Waals surface area (Å²) in [4.78, 5) is 0. The van der Waals surface area contributed by atoms with Gasteiger partial charge in [-0.05, 0) is 18.1 Å². The van der Waals surface area contributed by atoms with Gasteiger partial charge in [0.05, 0.1) is 7.11 Å². The molecule has 1 aliphatic rings. The Morgan fingerprint density at radius 1 is 1.28 bits per heavy atom. The van der Waals surface area contributed by atoms with Gasteiger partial charge < -0.3 is 4.74 Å². The molecule has 1 aromatic rings. The summed E-state index contributed by atoms with van der Waals surface area (Å²) >= 11 is 0. The number of benzene rings is 1. The maximum absolute atomic E-state index is 14.0. The normalized spacial score (nSPS) is 17.8. The first-order chi connectivity index (χ1) is 8.79. The van der Waals surface area contributed by atoms with Crippen LogP contribution in [0.1, 0.15) is 44.1 Å². The average molecular weight is 248 g/mol. The largest absolute Gasteiger partial charge is 0.496 e. The van der Waals surface area contributed by atoms with Crippen LogP contribution in [-0.2, 0) is 0 Å². The smallest absolute Gasteiger partial charge is 0.126 e. The van der Waals surface area contributed by atoms with Crippen LogP contribution in [0.2, 0.25) is 0 Å². The Morgan fingerprint density at radius 3 is 2.72 bits per heavy atom. The first kappa shape index (κ1) is 13.1. The molecular formula is C16H21FO. The summed E-state index contributed by atoms with van der Waals surface area (Å²) in [7, 11) is 1.62. The minimum atomic E-state index is -0.0219. The van der Waals surface area contributed by atoms with E-state index in [4.69, 9.17) is 4.74 Å². The molecule has 98 valence electrons. The van der Waals surface area contributed by atoms with Gasteiger partial charge in [-0.2, -0.15) is 0 Å². The lowest BCUT2D eigenvalue weighted by atomic mass is 9.86. The van der Waals surface area contributed by atoms with Crippen LogP contribution in [0.5, 0.6) is 5.75 Å². The summed E-state index contributed by atoms with van der Waals surface area (Å²) < 4.78 is 19.2. The molecule has 1 aromatic carbocycles. The first-order valence-electron chi connectivity index (χ1n) is 6.78. The standard InChI is InChI=1S/C16H21FO/c1-18-16-10-6-5-9-14(16)12-15(17)11-13-7-3-2-4-8-13/h5-6,9-10,12-13H,2-4,7-8,11H2,1H3/b15-12-. The summed E-state index contributed by atoms with van der Waals surface area (Å²) in [6.45, 7) is 0. The number of rotatable bonds is 4. The number of hydrogen-bond acceptors (Lipinski definition) is 1.